The highest BCUT2D eigenvalue weighted by molar-refractivity contribution is 5.73. The molecule has 1 aromatic carbocycles. The first kappa shape index (κ1) is 14.0. The summed E-state index contributed by atoms with van der Waals surface area (Å²) in [5, 5.41) is 3.38. The predicted octanol–water partition coefficient (Wildman–Crippen LogP) is 3.04. The lowest BCUT2D eigenvalue weighted by Gasteiger charge is -2.24. The largest absolute Gasteiger partial charge is 0.491 e. The molecule has 19 heavy (non-hydrogen) atoms. The molecule has 1 fully saturated rings. The van der Waals surface area contributed by atoms with Gasteiger partial charge in [-0.25, -0.2) is 0 Å². The molecule has 0 amide bonds. The maximum absolute atomic E-state index is 6.12. The van der Waals surface area contributed by atoms with Gasteiger partial charge in [0.1, 0.15) is 5.75 Å². The smallest absolute Gasteiger partial charge is 0.144 e. The van der Waals surface area contributed by atoms with E-state index in [0.29, 0.717) is 12.3 Å². The number of nitrogens with one attached hydrogen (secondary N) is 1. The maximum Gasteiger partial charge on any atom is 0.144 e. The van der Waals surface area contributed by atoms with E-state index < -0.39 is 0 Å². The zero-order valence-corrected chi connectivity index (χ0v) is 11.9. The van der Waals surface area contributed by atoms with Gasteiger partial charge in [-0.3, -0.25) is 0 Å². The SMILES string of the molecule is CCCOc1cccc(NCC2(C)CCCO2)c1N. The van der Waals surface area contributed by atoms with E-state index in [1.807, 2.05) is 18.2 Å². The number of rotatable bonds is 6. The van der Waals surface area contributed by atoms with Crippen molar-refractivity contribution in [2.75, 3.05) is 30.8 Å². The molecule has 0 aromatic heterocycles. The third-order valence-electron chi connectivity index (χ3n) is 3.48. The van der Waals surface area contributed by atoms with E-state index in [9.17, 15) is 0 Å². The van der Waals surface area contributed by atoms with Crippen LogP contribution in [0.25, 0.3) is 0 Å². The maximum atomic E-state index is 6.12. The second-order valence-corrected chi connectivity index (χ2v) is 5.32. The number of nitrogen functional groups attached to an aromatic ring is 1. The van der Waals surface area contributed by atoms with Gasteiger partial charge in [-0.15, -0.1) is 0 Å². The molecule has 3 N–H and O–H groups in total. The molecular formula is C15H24N2O2. The lowest BCUT2D eigenvalue weighted by atomic mass is 10.0. The van der Waals surface area contributed by atoms with E-state index in [4.69, 9.17) is 15.2 Å². The van der Waals surface area contributed by atoms with Crippen molar-refractivity contribution in [3.05, 3.63) is 18.2 Å². The predicted molar refractivity (Wildman–Crippen MR) is 78.7 cm³/mol. The molecule has 1 aromatic rings. The number of anilines is 2. The van der Waals surface area contributed by atoms with Gasteiger partial charge in [0.2, 0.25) is 0 Å². The van der Waals surface area contributed by atoms with Gasteiger partial charge in [0, 0.05) is 13.2 Å². The summed E-state index contributed by atoms with van der Waals surface area (Å²) in [5.41, 5.74) is 7.65. The normalized spacial score (nSPS) is 22.4. The molecule has 1 aliphatic rings. The molecule has 2 rings (SSSR count). The van der Waals surface area contributed by atoms with Crippen molar-refractivity contribution < 1.29 is 9.47 Å². The highest BCUT2D eigenvalue weighted by atomic mass is 16.5. The fourth-order valence-electron chi connectivity index (χ4n) is 2.29. The Hall–Kier alpha value is -1.42. The second-order valence-electron chi connectivity index (χ2n) is 5.32. The Morgan fingerprint density at radius 2 is 2.32 bits per heavy atom. The van der Waals surface area contributed by atoms with E-state index in [1.54, 1.807) is 0 Å². The fourth-order valence-corrected chi connectivity index (χ4v) is 2.29. The minimum atomic E-state index is -0.0767. The van der Waals surface area contributed by atoms with Gasteiger partial charge in [0.05, 0.1) is 23.6 Å². The van der Waals surface area contributed by atoms with Crippen LogP contribution >= 0.6 is 0 Å². The van der Waals surface area contributed by atoms with Crippen LogP contribution in [-0.4, -0.2) is 25.4 Å². The van der Waals surface area contributed by atoms with Crippen LogP contribution < -0.4 is 15.8 Å². The topological polar surface area (TPSA) is 56.5 Å². The highest BCUT2D eigenvalue weighted by Gasteiger charge is 2.29. The highest BCUT2D eigenvalue weighted by Crippen LogP contribution is 2.31. The van der Waals surface area contributed by atoms with Crippen LogP contribution in [0.1, 0.15) is 33.1 Å². The Morgan fingerprint density at radius 3 is 3.00 bits per heavy atom. The molecule has 106 valence electrons. The number of benzene rings is 1. The lowest BCUT2D eigenvalue weighted by molar-refractivity contribution is 0.0315. The summed E-state index contributed by atoms with van der Waals surface area (Å²) < 4.78 is 11.4. The molecule has 0 spiro atoms. The molecule has 4 heteroatoms. The van der Waals surface area contributed by atoms with Crippen LogP contribution in [-0.2, 0) is 4.74 Å². The van der Waals surface area contributed by atoms with Gasteiger partial charge < -0.3 is 20.5 Å². The number of hydrogen-bond acceptors (Lipinski definition) is 4. The van der Waals surface area contributed by atoms with E-state index in [0.717, 1.165) is 43.9 Å². The van der Waals surface area contributed by atoms with Crippen LogP contribution in [0.5, 0.6) is 5.75 Å². The van der Waals surface area contributed by atoms with Crippen molar-refractivity contribution in [3.8, 4) is 5.75 Å². The third-order valence-corrected chi connectivity index (χ3v) is 3.48. The number of nitrogens with two attached hydrogens (primary N) is 1. The summed E-state index contributed by atoms with van der Waals surface area (Å²) in [5.74, 6) is 0.754. The zero-order chi connectivity index (χ0) is 13.7. The Morgan fingerprint density at radius 1 is 1.47 bits per heavy atom. The summed E-state index contributed by atoms with van der Waals surface area (Å²) >= 11 is 0. The first-order valence-corrected chi connectivity index (χ1v) is 7.04. The molecule has 0 aliphatic carbocycles. The summed E-state index contributed by atoms with van der Waals surface area (Å²) in [7, 11) is 0. The summed E-state index contributed by atoms with van der Waals surface area (Å²) in [6, 6.07) is 5.85. The second kappa shape index (κ2) is 6.15. The standard InChI is InChI=1S/C15H24N2O2/c1-3-9-18-13-7-4-6-12(14(13)16)17-11-15(2)8-5-10-19-15/h4,6-7,17H,3,5,8-11,16H2,1-2H3. The van der Waals surface area contributed by atoms with E-state index in [-0.39, 0.29) is 5.60 Å². The third kappa shape index (κ3) is 3.53. The van der Waals surface area contributed by atoms with E-state index in [1.165, 1.54) is 0 Å². The number of para-hydroxylation sites is 1. The molecule has 0 bridgehead atoms. The van der Waals surface area contributed by atoms with Gasteiger partial charge in [-0.2, -0.15) is 0 Å². The Labute approximate surface area is 115 Å². The molecule has 4 nitrogen and oxygen atoms in total. The Bertz CT molecular complexity index is 415. The van der Waals surface area contributed by atoms with Gasteiger partial charge in [0.25, 0.3) is 0 Å². The van der Waals surface area contributed by atoms with Crippen LogP contribution in [0.15, 0.2) is 18.2 Å². The van der Waals surface area contributed by atoms with Crippen molar-refractivity contribution in [3.63, 3.8) is 0 Å². The van der Waals surface area contributed by atoms with Crippen LogP contribution in [0.3, 0.4) is 0 Å². The summed E-state index contributed by atoms with van der Waals surface area (Å²) in [6.07, 6.45) is 3.20. The molecule has 1 saturated heterocycles. The molecule has 1 aliphatic heterocycles. The first-order chi connectivity index (χ1) is 9.14. The molecular weight excluding hydrogens is 240 g/mol. The Kier molecular flexibility index (Phi) is 4.53. The fraction of sp³-hybridized carbons (Fsp3) is 0.600. The van der Waals surface area contributed by atoms with Gasteiger partial charge in [-0.05, 0) is 38.3 Å². The van der Waals surface area contributed by atoms with Gasteiger partial charge in [0.15, 0.2) is 0 Å². The zero-order valence-electron chi connectivity index (χ0n) is 11.9. The molecule has 1 heterocycles. The van der Waals surface area contributed by atoms with Crippen LogP contribution in [0.2, 0.25) is 0 Å². The summed E-state index contributed by atoms with van der Waals surface area (Å²) in [6.45, 7) is 6.54. The molecule has 1 atom stereocenters. The van der Waals surface area contributed by atoms with Crippen molar-refractivity contribution >= 4 is 11.4 Å². The Balaban J connectivity index is 1.99. The van der Waals surface area contributed by atoms with Gasteiger partial charge >= 0.3 is 0 Å². The monoisotopic (exact) mass is 264 g/mol. The van der Waals surface area contributed by atoms with Crippen molar-refractivity contribution in [1.82, 2.24) is 0 Å². The minimum Gasteiger partial charge on any atom is -0.491 e. The van der Waals surface area contributed by atoms with Gasteiger partial charge in [-0.1, -0.05) is 13.0 Å². The number of ether oxygens (including phenoxy) is 2. The van der Waals surface area contributed by atoms with E-state index >= 15 is 0 Å². The quantitative estimate of drug-likeness (QED) is 0.775. The van der Waals surface area contributed by atoms with Crippen molar-refractivity contribution in [2.24, 2.45) is 0 Å². The van der Waals surface area contributed by atoms with Crippen molar-refractivity contribution in [2.45, 2.75) is 38.7 Å². The molecule has 1 unspecified atom stereocenters. The molecule has 0 radical (unpaired) electrons. The summed E-state index contributed by atoms with van der Waals surface area (Å²) in [4.78, 5) is 0. The lowest BCUT2D eigenvalue weighted by Crippen LogP contribution is -2.32. The van der Waals surface area contributed by atoms with Crippen LogP contribution in [0.4, 0.5) is 11.4 Å². The van der Waals surface area contributed by atoms with Crippen LogP contribution in [0, 0.1) is 0 Å². The molecule has 0 saturated carbocycles. The minimum absolute atomic E-state index is 0.0767. The number of hydrogen-bond donors (Lipinski definition) is 2. The average molecular weight is 264 g/mol. The average Bonchev–Trinajstić information content (AvgIpc) is 2.84. The van der Waals surface area contributed by atoms with E-state index in [2.05, 4.69) is 19.2 Å². The first-order valence-electron chi connectivity index (χ1n) is 7.04. The van der Waals surface area contributed by atoms with Crippen molar-refractivity contribution in [1.29, 1.82) is 0 Å².